The number of rotatable bonds is 3. The fourth-order valence-corrected chi connectivity index (χ4v) is 3.83. The number of nitrogens with zero attached hydrogens (tertiary/aromatic N) is 1. The molecule has 0 unspecified atom stereocenters. The van der Waals surface area contributed by atoms with Crippen molar-refractivity contribution in [1.29, 1.82) is 0 Å². The normalized spacial score (nSPS) is 15.0. The van der Waals surface area contributed by atoms with E-state index >= 15 is 0 Å². The van der Waals surface area contributed by atoms with Crippen molar-refractivity contribution in [1.82, 2.24) is 4.98 Å². The lowest BCUT2D eigenvalue weighted by molar-refractivity contribution is -0.139. The maximum absolute atomic E-state index is 12.5. The number of hydrogen-bond donors (Lipinski definition) is 0. The van der Waals surface area contributed by atoms with Gasteiger partial charge in [0.15, 0.2) is 5.58 Å². The van der Waals surface area contributed by atoms with Gasteiger partial charge in [-0.1, -0.05) is 31.4 Å². The Balaban J connectivity index is 1.46. The molecule has 1 saturated carbocycles. The lowest BCUT2D eigenvalue weighted by Gasteiger charge is -2.19. The molecule has 2 heterocycles. The molecule has 6 heteroatoms. The Bertz CT molecular complexity index is 1230. The Hall–Kier alpha value is -3.41. The first-order valence-electron chi connectivity index (χ1n) is 9.83. The van der Waals surface area contributed by atoms with Crippen LogP contribution in [-0.4, -0.2) is 11.0 Å². The van der Waals surface area contributed by atoms with Crippen molar-refractivity contribution in [3.05, 3.63) is 59.0 Å². The van der Waals surface area contributed by atoms with E-state index in [4.69, 9.17) is 13.6 Å². The van der Waals surface area contributed by atoms with E-state index in [1.165, 1.54) is 6.42 Å². The number of benzene rings is 2. The second-order valence-corrected chi connectivity index (χ2v) is 7.39. The largest absolute Gasteiger partial charge is 0.436 e. The highest BCUT2D eigenvalue weighted by Crippen LogP contribution is 2.28. The van der Waals surface area contributed by atoms with Gasteiger partial charge in [0.2, 0.25) is 5.89 Å². The predicted molar refractivity (Wildman–Crippen MR) is 108 cm³/mol. The van der Waals surface area contributed by atoms with Crippen LogP contribution >= 0.6 is 0 Å². The van der Waals surface area contributed by atoms with Gasteiger partial charge in [0.05, 0.1) is 5.92 Å². The maximum Gasteiger partial charge on any atom is 0.349 e. The van der Waals surface area contributed by atoms with Crippen LogP contribution in [0.2, 0.25) is 0 Å². The molecule has 146 valence electrons. The van der Waals surface area contributed by atoms with Crippen LogP contribution in [0.5, 0.6) is 5.75 Å². The number of esters is 1. The Morgan fingerprint density at radius 2 is 1.79 bits per heavy atom. The number of carbonyl (C=O) groups excluding carboxylic acids is 1. The molecule has 1 aliphatic carbocycles. The molecule has 4 aromatic rings. The zero-order valence-corrected chi connectivity index (χ0v) is 15.7. The number of carbonyl (C=O) groups is 1. The molecule has 2 aromatic heterocycles. The first kappa shape index (κ1) is 17.7. The van der Waals surface area contributed by atoms with Crippen molar-refractivity contribution in [2.24, 2.45) is 5.92 Å². The fourth-order valence-electron chi connectivity index (χ4n) is 3.83. The topological polar surface area (TPSA) is 82.5 Å². The van der Waals surface area contributed by atoms with Gasteiger partial charge in [-0.15, -0.1) is 0 Å². The van der Waals surface area contributed by atoms with Gasteiger partial charge >= 0.3 is 11.6 Å². The number of fused-ring (bicyclic) bond motifs is 2. The van der Waals surface area contributed by atoms with Gasteiger partial charge in [0, 0.05) is 11.5 Å². The third-order valence-electron chi connectivity index (χ3n) is 5.39. The highest BCUT2D eigenvalue weighted by atomic mass is 16.5. The van der Waals surface area contributed by atoms with E-state index in [-0.39, 0.29) is 23.3 Å². The Morgan fingerprint density at radius 3 is 2.62 bits per heavy atom. The molecule has 0 saturated heterocycles. The van der Waals surface area contributed by atoms with Crippen LogP contribution in [0.15, 0.2) is 62.2 Å². The lowest BCUT2D eigenvalue weighted by atomic mass is 9.89. The Labute approximate surface area is 166 Å². The van der Waals surface area contributed by atoms with E-state index in [0.717, 1.165) is 25.7 Å². The van der Waals surface area contributed by atoms with Gasteiger partial charge in [-0.05, 0) is 43.2 Å². The van der Waals surface area contributed by atoms with Crippen LogP contribution < -0.4 is 10.4 Å². The molecule has 1 fully saturated rings. The number of hydrogen-bond acceptors (Lipinski definition) is 6. The molecule has 0 bridgehead atoms. The first-order chi connectivity index (χ1) is 14.2. The molecule has 1 aliphatic rings. The minimum absolute atomic E-state index is 0.0482. The molecule has 0 N–H and O–H groups in total. The summed E-state index contributed by atoms with van der Waals surface area (Å²) in [6, 6.07) is 14.0. The van der Waals surface area contributed by atoms with Crippen LogP contribution in [0.4, 0.5) is 0 Å². The van der Waals surface area contributed by atoms with Crippen molar-refractivity contribution >= 4 is 28.0 Å². The van der Waals surface area contributed by atoms with Crippen LogP contribution in [0.25, 0.3) is 33.5 Å². The second kappa shape index (κ2) is 7.20. The van der Waals surface area contributed by atoms with Crippen molar-refractivity contribution in [3.63, 3.8) is 0 Å². The third kappa shape index (κ3) is 3.42. The lowest BCUT2D eigenvalue weighted by Crippen LogP contribution is -2.22. The van der Waals surface area contributed by atoms with Crippen molar-refractivity contribution in [2.75, 3.05) is 0 Å². The molecular weight excluding hydrogens is 370 g/mol. The molecular formula is C23H19NO5. The summed E-state index contributed by atoms with van der Waals surface area (Å²) in [6.45, 7) is 0. The quantitative estimate of drug-likeness (QED) is 0.276. The predicted octanol–water partition coefficient (Wildman–Crippen LogP) is 5.09. The summed E-state index contributed by atoms with van der Waals surface area (Å²) in [5, 5.41) is 0.694. The standard InChI is InChI=1S/C23H19NO5/c25-22(14-6-2-1-3-7-14)27-16-11-10-15-12-17(23(26)29-20(15)13-16)21-24-18-8-4-5-9-19(18)28-21/h4-5,8-14H,1-3,6-7H2. The zero-order chi connectivity index (χ0) is 19.8. The van der Waals surface area contributed by atoms with Crippen LogP contribution in [0.1, 0.15) is 32.1 Å². The van der Waals surface area contributed by atoms with E-state index < -0.39 is 5.63 Å². The van der Waals surface area contributed by atoms with E-state index in [0.29, 0.717) is 27.8 Å². The van der Waals surface area contributed by atoms with Crippen molar-refractivity contribution in [3.8, 4) is 17.2 Å². The number of oxazole rings is 1. The number of aromatic nitrogens is 1. The second-order valence-electron chi connectivity index (χ2n) is 7.39. The van der Waals surface area contributed by atoms with E-state index in [1.807, 2.05) is 18.2 Å². The maximum atomic E-state index is 12.5. The van der Waals surface area contributed by atoms with Crippen molar-refractivity contribution < 1.29 is 18.4 Å². The van der Waals surface area contributed by atoms with Gasteiger partial charge in [0.25, 0.3) is 0 Å². The first-order valence-corrected chi connectivity index (χ1v) is 9.83. The fraction of sp³-hybridized carbons (Fsp3) is 0.261. The van der Waals surface area contributed by atoms with Crippen LogP contribution in [-0.2, 0) is 4.79 Å². The summed E-state index contributed by atoms with van der Waals surface area (Å²) in [4.78, 5) is 29.2. The number of para-hydroxylation sites is 2. The molecule has 2 aromatic carbocycles. The zero-order valence-electron chi connectivity index (χ0n) is 15.7. The average molecular weight is 389 g/mol. The summed E-state index contributed by atoms with van der Waals surface area (Å²) >= 11 is 0. The molecule has 0 amide bonds. The van der Waals surface area contributed by atoms with Gasteiger partial charge in [-0.25, -0.2) is 9.78 Å². The molecule has 0 atom stereocenters. The van der Waals surface area contributed by atoms with E-state index in [9.17, 15) is 9.59 Å². The minimum Gasteiger partial charge on any atom is -0.436 e. The Morgan fingerprint density at radius 1 is 0.966 bits per heavy atom. The van der Waals surface area contributed by atoms with Gasteiger partial charge < -0.3 is 13.6 Å². The summed E-state index contributed by atoms with van der Waals surface area (Å²) in [5.41, 5.74) is 1.32. The molecule has 0 radical (unpaired) electrons. The highest BCUT2D eigenvalue weighted by Gasteiger charge is 2.23. The highest BCUT2D eigenvalue weighted by molar-refractivity contribution is 5.84. The van der Waals surface area contributed by atoms with Crippen LogP contribution in [0.3, 0.4) is 0 Å². The van der Waals surface area contributed by atoms with E-state index in [2.05, 4.69) is 4.98 Å². The van der Waals surface area contributed by atoms with Gasteiger partial charge in [-0.3, -0.25) is 4.79 Å². The monoisotopic (exact) mass is 389 g/mol. The SMILES string of the molecule is O=C(Oc1ccc2cc(-c3nc4ccccc4o3)c(=O)oc2c1)C1CCCCC1. The molecule has 5 rings (SSSR count). The molecule has 0 aliphatic heterocycles. The summed E-state index contributed by atoms with van der Waals surface area (Å²) in [7, 11) is 0. The van der Waals surface area contributed by atoms with Crippen LogP contribution in [0, 0.1) is 5.92 Å². The van der Waals surface area contributed by atoms with E-state index in [1.54, 1.807) is 30.3 Å². The van der Waals surface area contributed by atoms with Crippen molar-refractivity contribution in [2.45, 2.75) is 32.1 Å². The third-order valence-corrected chi connectivity index (χ3v) is 5.39. The van der Waals surface area contributed by atoms with Gasteiger partial charge in [0.1, 0.15) is 22.4 Å². The molecule has 0 spiro atoms. The average Bonchev–Trinajstić information content (AvgIpc) is 3.18. The van der Waals surface area contributed by atoms with Gasteiger partial charge in [-0.2, -0.15) is 0 Å². The Kier molecular flexibility index (Phi) is 4.39. The summed E-state index contributed by atoms with van der Waals surface area (Å²) in [5.74, 6) is 0.336. The number of ether oxygens (including phenoxy) is 1. The minimum atomic E-state index is -0.556. The summed E-state index contributed by atoms with van der Waals surface area (Å²) < 4.78 is 16.7. The molecule has 29 heavy (non-hydrogen) atoms. The smallest absolute Gasteiger partial charge is 0.349 e. The summed E-state index contributed by atoms with van der Waals surface area (Å²) in [6.07, 6.45) is 5.04. The molecule has 6 nitrogen and oxygen atoms in total.